The van der Waals surface area contributed by atoms with Gasteiger partial charge in [0.25, 0.3) is 0 Å². The molecule has 0 aromatic heterocycles. The Morgan fingerprint density at radius 3 is 0.677 bits per heavy atom. The molecule has 0 amide bonds. The largest absolute Gasteiger partial charge is 0.103 e. The molecule has 0 rings (SSSR count). The van der Waals surface area contributed by atoms with Crippen LogP contribution < -0.4 is 0 Å². The zero-order valence-electron chi connectivity index (χ0n) is 21.8. The smallest absolute Gasteiger partial charge is 0.0353 e. The van der Waals surface area contributed by atoms with Crippen LogP contribution in [-0.4, -0.2) is 0 Å². The third-order valence-electron chi connectivity index (χ3n) is 6.91. The summed E-state index contributed by atoms with van der Waals surface area (Å²) in [4.78, 5) is 0. The standard InChI is InChI=1S/C31H61/c1-3-5-7-9-11-13-15-17-19-21-23-25-27-29-31-30-28-26-24-22-20-18-16-14-12-10-8-6-4-2/h3H,1-2,4-31H2. The van der Waals surface area contributed by atoms with Gasteiger partial charge < -0.3 is 0 Å². The van der Waals surface area contributed by atoms with E-state index in [4.69, 9.17) is 0 Å². The molecule has 0 heterocycles. The van der Waals surface area contributed by atoms with E-state index < -0.39 is 0 Å². The molecule has 0 fully saturated rings. The van der Waals surface area contributed by atoms with Crippen LogP contribution in [0, 0.1) is 6.92 Å². The molecule has 0 aliphatic heterocycles. The first-order chi connectivity index (χ1) is 15.4. The molecule has 0 saturated carbocycles. The normalized spacial score (nSPS) is 11.3. The van der Waals surface area contributed by atoms with E-state index in [1.807, 2.05) is 0 Å². The summed E-state index contributed by atoms with van der Waals surface area (Å²) >= 11 is 0. The Bertz CT molecular complexity index is 305. The molecule has 0 aliphatic rings. The van der Waals surface area contributed by atoms with Crippen molar-refractivity contribution < 1.29 is 0 Å². The Morgan fingerprint density at radius 1 is 0.290 bits per heavy atom. The third kappa shape index (κ3) is 29.7. The molecule has 0 aromatic rings. The maximum atomic E-state index is 3.92. The molecule has 0 heteroatoms. The Morgan fingerprint density at radius 2 is 0.484 bits per heavy atom. The van der Waals surface area contributed by atoms with E-state index in [0.29, 0.717) is 0 Å². The highest BCUT2D eigenvalue weighted by Gasteiger charge is 1.96. The molecular weight excluding hydrogens is 372 g/mol. The van der Waals surface area contributed by atoms with Crippen LogP contribution in [0.15, 0.2) is 12.7 Å². The summed E-state index contributed by atoms with van der Waals surface area (Å²) in [6.45, 7) is 7.71. The van der Waals surface area contributed by atoms with Crippen molar-refractivity contribution in [2.45, 2.75) is 180 Å². The van der Waals surface area contributed by atoms with Gasteiger partial charge in [-0.1, -0.05) is 180 Å². The fourth-order valence-corrected chi connectivity index (χ4v) is 4.71. The number of unbranched alkanes of at least 4 members (excludes halogenated alkanes) is 27. The van der Waals surface area contributed by atoms with Gasteiger partial charge in [0.15, 0.2) is 0 Å². The zero-order chi connectivity index (χ0) is 22.5. The number of hydrogen-bond donors (Lipinski definition) is 0. The van der Waals surface area contributed by atoms with Gasteiger partial charge in [0.05, 0.1) is 0 Å². The lowest BCUT2D eigenvalue weighted by Gasteiger charge is -2.04. The highest BCUT2D eigenvalue weighted by atomic mass is 14.0. The van der Waals surface area contributed by atoms with E-state index in [1.54, 1.807) is 0 Å². The molecule has 0 atom stereocenters. The van der Waals surface area contributed by atoms with Crippen LogP contribution >= 0.6 is 0 Å². The predicted molar refractivity (Wildman–Crippen MR) is 145 cm³/mol. The summed E-state index contributed by atoms with van der Waals surface area (Å²) in [6, 6.07) is 0. The molecule has 1 radical (unpaired) electrons. The first-order valence-electron chi connectivity index (χ1n) is 14.8. The van der Waals surface area contributed by atoms with Crippen molar-refractivity contribution in [2.75, 3.05) is 0 Å². The molecule has 0 bridgehead atoms. The minimum absolute atomic E-state index is 1.12. The summed E-state index contributed by atoms with van der Waals surface area (Å²) in [6.07, 6.45) is 42.3. The van der Waals surface area contributed by atoms with Crippen molar-refractivity contribution in [2.24, 2.45) is 0 Å². The Kier molecular flexibility index (Phi) is 29.5. The zero-order valence-corrected chi connectivity index (χ0v) is 21.8. The van der Waals surface area contributed by atoms with Crippen LogP contribution in [0.5, 0.6) is 0 Å². The van der Waals surface area contributed by atoms with E-state index in [2.05, 4.69) is 19.6 Å². The molecule has 0 aliphatic carbocycles. The SMILES string of the molecule is [CH2]CCCCCCCCCCCCCCCCCCCCCCCCCCCCC=C. The van der Waals surface area contributed by atoms with E-state index >= 15 is 0 Å². The molecule has 0 nitrogen and oxygen atoms in total. The topological polar surface area (TPSA) is 0 Å². The fourth-order valence-electron chi connectivity index (χ4n) is 4.71. The van der Waals surface area contributed by atoms with E-state index in [1.165, 1.54) is 173 Å². The van der Waals surface area contributed by atoms with Crippen molar-refractivity contribution >= 4 is 0 Å². The Balaban J connectivity index is 2.98. The molecule has 31 heavy (non-hydrogen) atoms. The van der Waals surface area contributed by atoms with Gasteiger partial charge >= 0.3 is 0 Å². The lowest BCUT2D eigenvalue weighted by atomic mass is 10.0. The summed E-state index contributed by atoms with van der Waals surface area (Å²) in [5.41, 5.74) is 0. The first kappa shape index (κ1) is 30.7. The van der Waals surface area contributed by atoms with Gasteiger partial charge in [-0.3, -0.25) is 0 Å². The second-order valence-corrected chi connectivity index (χ2v) is 10.1. The molecule has 0 saturated heterocycles. The summed E-state index contributed by atoms with van der Waals surface area (Å²) in [5, 5.41) is 0. The second kappa shape index (κ2) is 29.7. The summed E-state index contributed by atoms with van der Waals surface area (Å²) in [5.74, 6) is 0. The maximum absolute atomic E-state index is 3.92. The lowest BCUT2D eigenvalue weighted by molar-refractivity contribution is 0.515. The van der Waals surface area contributed by atoms with Crippen molar-refractivity contribution in [3.05, 3.63) is 19.6 Å². The molecule has 0 aromatic carbocycles. The average Bonchev–Trinajstić information content (AvgIpc) is 2.78. The van der Waals surface area contributed by atoms with Crippen LogP contribution in [0.4, 0.5) is 0 Å². The molecule has 0 spiro atoms. The van der Waals surface area contributed by atoms with Crippen LogP contribution in [0.25, 0.3) is 0 Å². The maximum Gasteiger partial charge on any atom is -0.0353 e. The Labute approximate surface area is 199 Å². The predicted octanol–water partition coefficient (Wildman–Crippen LogP) is 11.9. The van der Waals surface area contributed by atoms with Gasteiger partial charge in [0.2, 0.25) is 0 Å². The van der Waals surface area contributed by atoms with Crippen molar-refractivity contribution in [3.8, 4) is 0 Å². The van der Waals surface area contributed by atoms with Gasteiger partial charge in [-0.05, 0) is 12.8 Å². The fraction of sp³-hybridized carbons (Fsp3) is 0.903. The summed E-state index contributed by atoms with van der Waals surface area (Å²) < 4.78 is 0. The van der Waals surface area contributed by atoms with Gasteiger partial charge in [-0.15, -0.1) is 6.58 Å². The quantitative estimate of drug-likeness (QED) is 0.0849. The third-order valence-corrected chi connectivity index (χ3v) is 6.91. The van der Waals surface area contributed by atoms with Crippen molar-refractivity contribution in [1.29, 1.82) is 0 Å². The Hall–Kier alpha value is -0.260. The van der Waals surface area contributed by atoms with Gasteiger partial charge in [0.1, 0.15) is 0 Å². The number of rotatable bonds is 28. The molecule has 0 N–H and O–H groups in total. The van der Waals surface area contributed by atoms with E-state index in [9.17, 15) is 0 Å². The van der Waals surface area contributed by atoms with E-state index in [-0.39, 0.29) is 0 Å². The average molecular weight is 434 g/mol. The van der Waals surface area contributed by atoms with Crippen molar-refractivity contribution in [3.63, 3.8) is 0 Å². The van der Waals surface area contributed by atoms with Gasteiger partial charge in [-0.25, -0.2) is 0 Å². The highest BCUT2D eigenvalue weighted by Crippen LogP contribution is 2.16. The second-order valence-electron chi connectivity index (χ2n) is 10.1. The first-order valence-corrected chi connectivity index (χ1v) is 14.8. The number of allylic oxidation sites excluding steroid dienone is 1. The van der Waals surface area contributed by atoms with E-state index in [0.717, 1.165) is 6.42 Å². The molecular formula is C31H61. The summed E-state index contributed by atoms with van der Waals surface area (Å²) in [7, 11) is 0. The molecule has 185 valence electrons. The monoisotopic (exact) mass is 433 g/mol. The van der Waals surface area contributed by atoms with Gasteiger partial charge in [-0.2, -0.15) is 0 Å². The van der Waals surface area contributed by atoms with Crippen LogP contribution in [0.3, 0.4) is 0 Å². The molecule has 0 unspecified atom stereocenters. The van der Waals surface area contributed by atoms with Gasteiger partial charge in [0, 0.05) is 0 Å². The minimum Gasteiger partial charge on any atom is -0.103 e. The highest BCUT2D eigenvalue weighted by molar-refractivity contribution is 4.65. The van der Waals surface area contributed by atoms with Crippen molar-refractivity contribution in [1.82, 2.24) is 0 Å². The van der Waals surface area contributed by atoms with Crippen LogP contribution in [0.2, 0.25) is 0 Å². The number of hydrogen-bond acceptors (Lipinski definition) is 0. The minimum atomic E-state index is 1.12. The van der Waals surface area contributed by atoms with Crippen LogP contribution in [-0.2, 0) is 0 Å². The lowest BCUT2D eigenvalue weighted by Crippen LogP contribution is -1.84. The van der Waals surface area contributed by atoms with Crippen LogP contribution in [0.1, 0.15) is 180 Å².